The number of para-hydroxylation sites is 2. The second-order valence-corrected chi connectivity index (χ2v) is 7.42. The Morgan fingerprint density at radius 2 is 1.96 bits per heavy atom. The van der Waals surface area contributed by atoms with E-state index in [0.717, 1.165) is 37.3 Å². The molecule has 3 aliphatic rings. The molecule has 2 atom stereocenters. The Morgan fingerprint density at radius 1 is 1.15 bits per heavy atom. The van der Waals surface area contributed by atoms with Crippen LogP contribution in [0.25, 0.3) is 0 Å². The zero-order valence-electron chi connectivity index (χ0n) is 15.2. The molecule has 0 bridgehead atoms. The van der Waals surface area contributed by atoms with Crippen molar-refractivity contribution in [1.82, 2.24) is 10.2 Å². The van der Waals surface area contributed by atoms with Gasteiger partial charge in [-0.1, -0.05) is 12.1 Å². The van der Waals surface area contributed by atoms with Gasteiger partial charge >= 0.3 is 6.03 Å². The van der Waals surface area contributed by atoms with Crippen LogP contribution < -0.4 is 14.8 Å². The van der Waals surface area contributed by atoms with Crippen molar-refractivity contribution in [2.75, 3.05) is 26.2 Å². The minimum absolute atomic E-state index is 0.00374. The van der Waals surface area contributed by atoms with E-state index in [0.29, 0.717) is 25.8 Å². The molecule has 1 saturated carbocycles. The van der Waals surface area contributed by atoms with Crippen LogP contribution in [0.2, 0.25) is 0 Å². The third kappa shape index (κ3) is 4.23. The lowest BCUT2D eigenvalue weighted by molar-refractivity contribution is -0.0720. The molecule has 2 fully saturated rings. The smallest absolute Gasteiger partial charge is 0.317 e. The number of carbonyl (C=O) groups excluding carboxylic acids is 1. The number of ether oxygens (including phenoxy) is 3. The van der Waals surface area contributed by atoms with E-state index >= 15 is 0 Å². The van der Waals surface area contributed by atoms with Gasteiger partial charge in [0, 0.05) is 26.1 Å². The number of likely N-dealkylation sites (tertiary alicyclic amines) is 1. The van der Waals surface area contributed by atoms with Gasteiger partial charge in [0.05, 0.1) is 12.2 Å². The standard InChI is InChI=1S/C20H28N2O4/c23-20(22-12-4-7-16(13-22)25-15-5-3-6-15)21-11-10-17-14-24-18-8-1-2-9-19(18)26-17/h1-2,8-9,15-17H,3-7,10-14H2,(H,21,23). The topological polar surface area (TPSA) is 60.0 Å². The molecule has 2 heterocycles. The van der Waals surface area contributed by atoms with Gasteiger partial charge in [-0.25, -0.2) is 4.79 Å². The summed E-state index contributed by atoms with van der Waals surface area (Å²) in [5.74, 6) is 1.57. The molecule has 1 aromatic carbocycles. The summed E-state index contributed by atoms with van der Waals surface area (Å²) < 4.78 is 17.7. The van der Waals surface area contributed by atoms with Gasteiger partial charge in [-0.15, -0.1) is 0 Å². The molecule has 2 aliphatic heterocycles. The van der Waals surface area contributed by atoms with Crippen LogP contribution in [-0.4, -0.2) is 55.5 Å². The van der Waals surface area contributed by atoms with E-state index in [-0.39, 0.29) is 18.2 Å². The predicted molar refractivity (Wildman–Crippen MR) is 97.7 cm³/mol. The minimum Gasteiger partial charge on any atom is -0.486 e. The second-order valence-electron chi connectivity index (χ2n) is 7.42. The Bertz CT molecular complexity index is 620. The highest BCUT2D eigenvalue weighted by Crippen LogP contribution is 2.31. The second kappa shape index (κ2) is 8.16. The quantitative estimate of drug-likeness (QED) is 0.877. The predicted octanol–water partition coefficient (Wildman–Crippen LogP) is 2.96. The van der Waals surface area contributed by atoms with Crippen LogP contribution in [0.5, 0.6) is 11.5 Å². The van der Waals surface area contributed by atoms with E-state index in [1.165, 1.54) is 19.3 Å². The summed E-state index contributed by atoms with van der Waals surface area (Å²) in [4.78, 5) is 14.3. The highest BCUT2D eigenvalue weighted by atomic mass is 16.6. The molecular formula is C20H28N2O4. The van der Waals surface area contributed by atoms with Crippen molar-refractivity contribution in [2.24, 2.45) is 0 Å². The number of piperidine rings is 1. The molecule has 142 valence electrons. The highest BCUT2D eigenvalue weighted by molar-refractivity contribution is 5.74. The highest BCUT2D eigenvalue weighted by Gasteiger charge is 2.28. The first-order valence-electron chi connectivity index (χ1n) is 9.84. The summed E-state index contributed by atoms with van der Waals surface area (Å²) in [6, 6.07) is 7.69. The fourth-order valence-electron chi connectivity index (χ4n) is 3.67. The molecule has 26 heavy (non-hydrogen) atoms. The number of carbonyl (C=O) groups is 1. The summed E-state index contributed by atoms with van der Waals surface area (Å²) >= 11 is 0. The van der Waals surface area contributed by atoms with E-state index in [4.69, 9.17) is 14.2 Å². The van der Waals surface area contributed by atoms with E-state index in [1.54, 1.807) is 0 Å². The number of fused-ring (bicyclic) bond motifs is 1. The molecule has 2 unspecified atom stereocenters. The van der Waals surface area contributed by atoms with Crippen LogP contribution in [0.3, 0.4) is 0 Å². The first-order valence-corrected chi connectivity index (χ1v) is 9.84. The van der Waals surface area contributed by atoms with Gasteiger partial charge in [0.15, 0.2) is 11.5 Å². The zero-order valence-corrected chi connectivity index (χ0v) is 15.2. The average molecular weight is 360 g/mol. The lowest BCUT2D eigenvalue weighted by atomic mass is 9.95. The van der Waals surface area contributed by atoms with E-state index in [2.05, 4.69) is 5.32 Å². The molecule has 0 spiro atoms. The molecule has 2 amide bonds. The van der Waals surface area contributed by atoms with Gasteiger partial charge < -0.3 is 24.4 Å². The van der Waals surface area contributed by atoms with Crippen LogP contribution in [0.4, 0.5) is 4.79 Å². The number of hydrogen-bond acceptors (Lipinski definition) is 4. The van der Waals surface area contributed by atoms with Gasteiger partial charge in [-0.05, 0) is 44.2 Å². The Hall–Kier alpha value is -1.95. The minimum atomic E-state index is -0.0266. The molecule has 4 rings (SSSR count). The Kier molecular flexibility index (Phi) is 5.48. The fourth-order valence-corrected chi connectivity index (χ4v) is 3.67. The van der Waals surface area contributed by atoms with Crippen molar-refractivity contribution < 1.29 is 19.0 Å². The molecule has 6 nitrogen and oxygen atoms in total. The van der Waals surface area contributed by atoms with E-state index in [1.807, 2.05) is 29.2 Å². The first kappa shape index (κ1) is 17.5. The van der Waals surface area contributed by atoms with Crippen molar-refractivity contribution in [2.45, 2.75) is 56.8 Å². The average Bonchev–Trinajstić information content (AvgIpc) is 2.65. The summed E-state index contributed by atoms with van der Waals surface area (Å²) in [7, 11) is 0. The van der Waals surface area contributed by atoms with E-state index < -0.39 is 0 Å². The normalized spacial score (nSPS) is 25.5. The van der Waals surface area contributed by atoms with Gasteiger partial charge in [0.1, 0.15) is 12.7 Å². The number of nitrogens with zero attached hydrogens (tertiary/aromatic N) is 1. The molecule has 6 heteroatoms. The zero-order chi connectivity index (χ0) is 17.8. The summed E-state index contributed by atoms with van der Waals surface area (Å²) in [5.41, 5.74) is 0. The van der Waals surface area contributed by atoms with Crippen molar-refractivity contribution >= 4 is 6.03 Å². The largest absolute Gasteiger partial charge is 0.486 e. The molecule has 0 radical (unpaired) electrons. The molecule has 0 aromatic heterocycles. The molecule has 1 saturated heterocycles. The molecule has 1 aliphatic carbocycles. The van der Waals surface area contributed by atoms with Gasteiger partial charge in [0.25, 0.3) is 0 Å². The van der Waals surface area contributed by atoms with Gasteiger partial charge in [0.2, 0.25) is 0 Å². The molecule has 1 N–H and O–H groups in total. The summed E-state index contributed by atoms with van der Waals surface area (Å²) in [6.07, 6.45) is 7.04. The molecular weight excluding hydrogens is 332 g/mol. The third-order valence-electron chi connectivity index (χ3n) is 5.41. The molecule has 1 aromatic rings. The number of hydrogen-bond donors (Lipinski definition) is 1. The number of amides is 2. The number of rotatable bonds is 5. The van der Waals surface area contributed by atoms with Crippen LogP contribution in [0.1, 0.15) is 38.5 Å². The fraction of sp³-hybridized carbons (Fsp3) is 0.650. The third-order valence-corrected chi connectivity index (χ3v) is 5.41. The summed E-state index contributed by atoms with van der Waals surface area (Å²) in [6.45, 7) is 2.62. The van der Waals surface area contributed by atoms with Crippen LogP contribution in [0, 0.1) is 0 Å². The van der Waals surface area contributed by atoms with E-state index in [9.17, 15) is 4.79 Å². The number of nitrogens with one attached hydrogen (secondary N) is 1. The lowest BCUT2D eigenvalue weighted by Crippen LogP contribution is -2.49. The Labute approximate surface area is 154 Å². The first-order chi connectivity index (χ1) is 12.8. The number of benzene rings is 1. The Balaban J connectivity index is 1.18. The van der Waals surface area contributed by atoms with Crippen LogP contribution in [-0.2, 0) is 4.74 Å². The van der Waals surface area contributed by atoms with Crippen molar-refractivity contribution in [3.05, 3.63) is 24.3 Å². The van der Waals surface area contributed by atoms with Crippen molar-refractivity contribution in [1.29, 1.82) is 0 Å². The van der Waals surface area contributed by atoms with Crippen LogP contribution >= 0.6 is 0 Å². The van der Waals surface area contributed by atoms with Crippen molar-refractivity contribution in [3.63, 3.8) is 0 Å². The maximum absolute atomic E-state index is 12.4. The SMILES string of the molecule is O=C(NCCC1COc2ccccc2O1)N1CCCC(OC2CCC2)C1. The van der Waals surface area contributed by atoms with Crippen molar-refractivity contribution in [3.8, 4) is 11.5 Å². The maximum atomic E-state index is 12.4. The van der Waals surface area contributed by atoms with Crippen LogP contribution in [0.15, 0.2) is 24.3 Å². The van der Waals surface area contributed by atoms with Gasteiger partial charge in [-0.3, -0.25) is 0 Å². The summed E-state index contributed by atoms with van der Waals surface area (Å²) in [5, 5.41) is 3.02. The lowest BCUT2D eigenvalue weighted by Gasteiger charge is -2.37. The number of urea groups is 1. The monoisotopic (exact) mass is 360 g/mol. The Morgan fingerprint density at radius 3 is 2.77 bits per heavy atom. The maximum Gasteiger partial charge on any atom is 0.317 e. The van der Waals surface area contributed by atoms with Gasteiger partial charge in [-0.2, -0.15) is 0 Å².